The van der Waals surface area contributed by atoms with Gasteiger partial charge in [-0.2, -0.15) is 0 Å². The van der Waals surface area contributed by atoms with Gasteiger partial charge < -0.3 is 10.6 Å². The SMILES string of the molecule is CC[C@H](C(=O)O/N=C(/N)Cc1ccc(Cl)cc1Cl)c1ccccc1. The molecular formula is C18H18Cl2N2O2. The van der Waals surface area contributed by atoms with Crippen LogP contribution in [-0.4, -0.2) is 11.8 Å². The first-order chi connectivity index (χ1) is 11.5. The third-order valence-electron chi connectivity index (χ3n) is 3.53. The number of hydrogen-bond donors (Lipinski definition) is 1. The van der Waals surface area contributed by atoms with Crippen molar-refractivity contribution in [2.24, 2.45) is 10.9 Å². The fourth-order valence-corrected chi connectivity index (χ4v) is 2.76. The Bertz CT molecular complexity index is 733. The van der Waals surface area contributed by atoms with Crippen LogP contribution >= 0.6 is 23.2 Å². The standard InChI is InChI=1S/C18H18Cl2N2O2/c1-2-15(12-6-4-3-5-7-12)18(23)24-22-17(21)10-13-8-9-14(19)11-16(13)20/h3-9,11,15H,2,10H2,1H3,(H2,21,22)/t15-/m0/s1. The predicted octanol–water partition coefficient (Wildman–Crippen LogP) is 4.55. The van der Waals surface area contributed by atoms with Gasteiger partial charge in [-0.15, -0.1) is 0 Å². The minimum absolute atomic E-state index is 0.162. The average Bonchev–Trinajstić information content (AvgIpc) is 2.57. The number of carbonyl (C=O) groups is 1. The number of nitrogens with two attached hydrogens (primary N) is 1. The normalized spacial score (nSPS) is 12.7. The van der Waals surface area contributed by atoms with Crippen LogP contribution in [0, 0.1) is 0 Å². The fraction of sp³-hybridized carbons (Fsp3) is 0.222. The van der Waals surface area contributed by atoms with Crippen LogP contribution in [0.2, 0.25) is 10.0 Å². The van der Waals surface area contributed by atoms with Crippen LogP contribution in [0.25, 0.3) is 0 Å². The summed E-state index contributed by atoms with van der Waals surface area (Å²) in [5.41, 5.74) is 7.47. The van der Waals surface area contributed by atoms with E-state index in [2.05, 4.69) is 5.16 Å². The molecule has 2 N–H and O–H groups in total. The topological polar surface area (TPSA) is 64.7 Å². The Morgan fingerprint density at radius 1 is 1.21 bits per heavy atom. The van der Waals surface area contributed by atoms with Crippen molar-refractivity contribution in [3.8, 4) is 0 Å². The molecule has 0 aromatic heterocycles. The number of carbonyl (C=O) groups excluding carboxylic acids is 1. The predicted molar refractivity (Wildman–Crippen MR) is 97.4 cm³/mol. The molecule has 6 heteroatoms. The van der Waals surface area contributed by atoms with Crippen LogP contribution < -0.4 is 5.73 Å². The third-order valence-corrected chi connectivity index (χ3v) is 4.12. The van der Waals surface area contributed by atoms with Crippen LogP contribution in [0.4, 0.5) is 0 Å². The van der Waals surface area contributed by atoms with E-state index in [4.69, 9.17) is 33.8 Å². The summed E-state index contributed by atoms with van der Waals surface area (Å²) in [6, 6.07) is 14.5. The molecule has 0 radical (unpaired) electrons. The summed E-state index contributed by atoms with van der Waals surface area (Å²) in [7, 11) is 0. The van der Waals surface area contributed by atoms with Crippen LogP contribution in [0.3, 0.4) is 0 Å². The van der Waals surface area contributed by atoms with E-state index in [0.29, 0.717) is 16.5 Å². The molecule has 0 bridgehead atoms. The number of benzene rings is 2. The van der Waals surface area contributed by atoms with Gasteiger partial charge in [-0.05, 0) is 29.7 Å². The smallest absolute Gasteiger partial charge is 0.342 e. The molecule has 1 atom stereocenters. The fourth-order valence-electron chi connectivity index (χ4n) is 2.28. The summed E-state index contributed by atoms with van der Waals surface area (Å²) in [4.78, 5) is 17.2. The molecule has 0 aliphatic carbocycles. The minimum Gasteiger partial charge on any atom is -0.384 e. The van der Waals surface area contributed by atoms with Crippen molar-refractivity contribution in [1.82, 2.24) is 0 Å². The molecule has 2 aromatic carbocycles. The van der Waals surface area contributed by atoms with Crippen LogP contribution in [-0.2, 0) is 16.1 Å². The largest absolute Gasteiger partial charge is 0.384 e. The lowest BCUT2D eigenvalue weighted by molar-refractivity contribution is -0.145. The van der Waals surface area contributed by atoms with Gasteiger partial charge in [0, 0.05) is 16.5 Å². The van der Waals surface area contributed by atoms with Crippen molar-refractivity contribution >= 4 is 35.0 Å². The molecule has 0 fully saturated rings. The molecule has 2 rings (SSSR count). The Kier molecular flexibility index (Phi) is 6.64. The lowest BCUT2D eigenvalue weighted by atomic mass is 9.97. The van der Waals surface area contributed by atoms with Gasteiger partial charge in [-0.25, -0.2) is 4.79 Å². The second-order valence-corrected chi connectivity index (χ2v) is 6.12. The maximum Gasteiger partial charge on any atom is 0.342 e. The average molecular weight is 365 g/mol. The summed E-state index contributed by atoms with van der Waals surface area (Å²) in [6.45, 7) is 1.92. The van der Waals surface area contributed by atoms with Crippen LogP contribution in [0.5, 0.6) is 0 Å². The monoisotopic (exact) mass is 364 g/mol. The molecule has 0 saturated heterocycles. The zero-order valence-electron chi connectivity index (χ0n) is 13.2. The van der Waals surface area contributed by atoms with Gasteiger partial charge in [0.1, 0.15) is 5.84 Å². The van der Waals surface area contributed by atoms with Gasteiger partial charge in [-0.3, -0.25) is 0 Å². The molecular weight excluding hydrogens is 347 g/mol. The minimum atomic E-state index is -0.436. The first-order valence-corrected chi connectivity index (χ1v) is 8.29. The Morgan fingerprint density at radius 2 is 1.92 bits per heavy atom. The maximum atomic E-state index is 12.2. The first-order valence-electron chi connectivity index (χ1n) is 7.53. The van der Waals surface area contributed by atoms with Gasteiger partial charge in [0.25, 0.3) is 0 Å². The van der Waals surface area contributed by atoms with E-state index in [0.717, 1.165) is 11.1 Å². The Labute approximate surface area is 151 Å². The van der Waals surface area contributed by atoms with Crippen LogP contribution in [0.15, 0.2) is 53.7 Å². The highest BCUT2D eigenvalue weighted by Gasteiger charge is 2.20. The van der Waals surface area contributed by atoms with Crippen molar-refractivity contribution in [3.05, 3.63) is 69.7 Å². The number of rotatable bonds is 6. The van der Waals surface area contributed by atoms with E-state index in [1.807, 2.05) is 37.3 Å². The Balaban J connectivity index is 2.01. The van der Waals surface area contributed by atoms with Crippen molar-refractivity contribution < 1.29 is 9.63 Å². The van der Waals surface area contributed by atoms with E-state index in [1.54, 1.807) is 18.2 Å². The van der Waals surface area contributed by atoms with E-state index in [-0.39, 0.29) is 18.2 Å². The van der Waals surface area contributed by atoms with Crippen molar-refractivity contribution in [2.75, 3.05) is 0 Å². The van der Waals surface area contributed by atoms with E-state index in [9.17, 15) is 4.79 Å². The summed E-state index contributed by atoms with van der Waals surface area (Å²) < 4.78 is 0. The second-order valence-electron chi connectivity index (χ2n) is 5.28. The highest BCUT2D eigenvalue weighted by molar-refractivity contribution is 6.35. The molecule has 0 unspecified atom stereocenters. The maximum absolute atomic E-state index is 12.2. The third kappa shape index (κ3) is 4.98. The van der Waals surface area contributed by atoms with E-state index < -0.39 is 5.97 Å². The van der Waals surface area contributed by atoms with Gasteiger partial charge in [-0.1, -0.05) is 71.7 Å². The second kappa shape index (κ2) is 8.71. The van der Waals surface area contributed by atoms with Crippen LogP contribution in [0.1, 0.15) is 30.4 Å². The zero-order valence-corrected chi connectivity index (χ0v) is 14.7. The molecule has 0 saturated carbocycles. The lowest BCUT2D eigenvalue weighted by Gasteiger charge is -2.12. The van der Waals surface area contributed by atoms with Gasteiger partial charge in [0.05, 0.1) is 5.92 Å². The Hall–Kier alpha value is -2.04. The quantitative estimate of drug-likeness (QED) is 0.354. The molecule has 4 nitrogen and oxygen atoms in total. The van der Waals surface area contributed by atoms with Gasteiger partial charge in [0.2, 0.25) is 0 Å². The molecule has 0 aliphatic rings. The summed E-state index contributed by atoms with van der Waals surface area (Å²) >= 11 is 11.9. The summed E-state index contributed by atoms with van der Waals surface area (Å²) in [6.07, 6.45) is 0.882. The molecule has 0 aliphatic heterocycles. The number of nitrogens with zero attached hydrogens (tertiary/aromatic N) is 1. The van der Waals surface area contributed by atoms with E-state index in [1.165, 1.54) is 0 Å². The zero-order chi connectivity index (χ0) is 17.5. The van der Waals surface area contributed by atoms with Crippen molar-refractivity contribution in [2.45, 2.75) is 25.7 Å². The molecule has 2 aromatic rings. The molecule has 24 heavy (non-hydrogen) atoms. The number of oxime groups is 1. The molecule has 0 heterocycles. The Morgan fingerprint density at radius 3 is 2.54 bits per heavy atom. The van der Waals surface area contributed by atoms with Gasteiger partial charge in [0.15, 0.2) is 0 Å². The van der Waals surface area contributed by atoms with Gasteiger partial charge >= 0.3 is 5.97 Å². The first kappa shape index (κ1) is 18.3. The number of hydrogen-bond acceptors (Lipinski definition) is 3. The summed E-state index contributed by atoms with van der Waals surface area (Å²) in [5, 5.41) is 4.76. The number of amidine groups is 1. The highest BCUT2D eigenvalue weighted by Crippen LogP contribution is 2.22. The molecule has 0 amide bonds. The van der Waals surface area contributed by atoms with Crippen molar-refractivity contribution in [1.29, 1.82) is 0 Å². The lowest BCUT2D eigenvalue weighted by Crippen LogP contribution is -2.19. The number of halogens is 2. The van der Waals surface area contributed by atoms with E-state index >= 15 is 0 Å². The van der Waals surface area contributed by atoms with Crippen molar-refractivity contribution in [3.63, 3.8) is 0 Å². The molecule has 0 spiro atoms. The molecule has 126 valence electrons. The highest BCUT2D eigenvalue weighted by atomic mass is 35.5. The summed E-state index contributed by atoms with van der Waals surface area (Å²) in [5.74, 6) is -0.647.